The first-order chi connectivity index (χ1) is 9.65. The molecule has 0 bridgehead atoms. The zero-order valence-electron chi connectivity index (χ0n) is 10.5. The van der Waals surface area contributed by atoms with E-state index in [0.29, 0.717) is 29.7 Å². The molecule has 0 aliphatic heterocycles. The maximum absolute atomic E-state index is 12.0. The highest BCUT2D eigenvalue weighted by Crippen LogP contribution is 2.22. The summed E-state index contributed by atoms with van der Waals surface area (Å²) in [5, 5.41) is 2.48. The third-order valence-electron chi connectivity index (χ3n) is 3.19. The molecule has 0 unspecified atom stereocenters. The minimum atomic E-state index is -0.636. The van der Waals surface area contributed by atoms with Gasteiger partial charge in [-0.25, -0.2) is 4.79 Å². The molecular weight excluding hydrogens is 258 g/mol. The van der Waals surface area contributed by atoms with E-state index in [-0.39, 0.29) is 11.5 Å². The number of fused-ring (bicyclic) bond motifs is 1. The van der Waals surface area contributed by atoms with Crippen LogP contribution in [0.25, 0.3) is 0 Å². The first kappa shape index (κ1) is 12.3. The molecule has 1 heterocycles. The molecule has 5 heteroatoms. The number of amides is 1. The lowest BCUT2D eigenvalue weighted by Gasteiger charge is -2.05. The van der Waals surface area contributed by atoms with Crippen LogP contribution < -0.4 is 10.9 Å². The Labute approximate surface area is 114 Å². The minimum absolute atomic E-state index is 0.00662. The minimum Gasteiger partial charge on any atom is -0.426 e. The Hall–Kier alpha value is -2.69. The van der Waals surface area contributed by atoms with Crippen LogP contribution in [0.2, 0.25) is 0 Å². The molecule has 0 radical (unpaired) electrons. The Bertz CT molecular complexity index is 746. The standard InChI is InChI=1S/C15H11NO4/c17-12-6-7-13-10(12)8-11(15(19)20-13)16-14(18)9-4-2-1-3-5-9/h1-5,8H,6-7H2,(H,16,18). The molecule has 0 saturated carbocycles. The molecule has 0 fully saturated rings. The lowest BCUT2D eigenvalue weighted by molar-refractivity contribution is 0.0991. The topological polar surface area (TPSA) is 76.4 Å². The third-order valence-corrected chi connectivity index (χ3v) is 3.19. The Balaban J connectivity index is 1.92. The van der Waals surface area contributed by atoms with Crippen molar-refractivity contribution in [2.24, 2.45) is 0 Å². The number of rotatable bonds is 2. The van der Waals surface area contributed by atoms with E-state index in [9.17, 15) is 14.4 Å². The van der Waals surface area contributed by atoms with Gasteiger partial charge in [0.25, 0.3) is 5.91 Å². The number of aryl methyl sites for hydroxylation is 1. The monoisotopic (exact) mass is 269 g/mol. The maximum atomic E-state index is 12.0. The van der Waals surface area contributed by atoms with Crippen molar-refractivity contribution in [3.05, 3.63) is 63.7 Å². The van der Waals surface area contributed by atoms with E-state index < -0.39 is 11.5 Å². The third kappa shape index (κ3) is 2.14. The molecule has 20 heavy (non-hydrogen) atoms. The molecule has 1 N–H and O–H groups in total. The van der Waals surface area contributed by atoms with Crippen molar-refractivity contribution in [2.75, 3.05) is 5.32 Å². The Morgan fingerprint density at radius 2 is 1.85 bits per heavy atom. The molecule has 0 atom stereocenters. The number of anilines is 1. The summed E-state index contributed by atoms with van der Waals surface area (Å²) in [6.07, 6.45) is 0.782. The van der Waals surface area contributed by atoms with Crippen molar-refractivity contribution in [1.82, 2.24) is 0 Å². The molecule has 1 aromatic heterocycles. The largest absolute Gasteiger partial charge is 0.426 e. The number of ketones is 1. The van der Waals surface area contributed by atoms with Crippen molar-refractivity contribution < 1.29 is 14.0 Å². The van der Waals surface area contributed by atoms with Crippen LogP contribution in [0.4, 0.5) is 5.69 Å². The average molecular weight is 269 g/mol. The van der Waals surface area contributed by atoms with Gasteiger partial charge in [0.15, 0.2) is 5.78 Å². The maximum Gasteiger partial charge on any atom is 0.359 e. The zero-order valence-corrected chi connectivity index (χ0v) is 10.5. The number of carbonyl (C=O) groups is 2. The summed E-state index contributed by atoms with van der Waals surface area (Å²) >= 11 is 0. The number of Topliss-reactive ketones (excluding diaryl/α,β-unsaturated/α-hetero) is 1. The Morgan fingerprint density at radius 3 is 2.60 bits per heavy atom. The average Bonchev–Trinajstić information content (AvgIpc) is 2.81. The van der Waals surface area contributed by atoms with Gasteiger partial charge in [-0.15, -0.1) is 0 Å². The van der Waals surface area contributed by atoms with Crippen LogP contribution in [0.15, 0.2) is 45.6 Å². The van der Waals surface area contributed by atoms with Gasteiger partial charge in [0.1, 0.15) is 11.4 Å². The van der Waals surface area contributed by atoms with Crippen LogP contribution in [0.1, 0.15) is 32.9 Å². The molecule has 1 aliphatic rings. The molecule has 1 amide bonds. The van der Waals surface area contributed by atoms with Crippen LogP contribution in [0.5, 0.6) is 0 Å². The van der Waals surface area contributed by atoms with Crippen LogP contribution in [0, 0.1) is 0 Å². The van der Waals surface area contributed by atoms with Gasteiger partial charge in [-0.1, -0.05) is 18.2 Å². The van der Waals surface area contributed by atoms with Gasteiger partial charge in [0.2, 0.25) is 0 Å². The molecule has 0 spiro atoms. The van der Waals surface area contributed by atoms with Gasteiger partial charge >= 0.3 is 5.63 Å². The molecule has 100 valence electrons. The highest BCUT2D eigenvalue weighted by atomic mass is 16.4. The van der Waals surface area contributed by atoms with Crippen molar-refractivity contribution in [3.63, 3.8) is 0 Å². The fourth-order valence-corrected chi connectivity index (χ4v) is 2.16. The first-order valence-electron chi connectivity index (χ1n) is 6.22. The summed E-state index contributed by atoms with van der Waals surface area (Å²) in [6, 6.07) is 9.91. The van der Waals surface area contributed by atoms with Crippen LogP contribution in [0.3, 0.4) is 0 Å². The van der Waals surface area contributed by atoms with Crippen LogP contribution in [-0.4, -0.2) is 11.7 Å². The van der Waals surface area contributed by atoms with Gasteiger partial charge in [-0.3, -0.25) is 9.59 Å². The predicted molar refractivity (Wildman–Crippen MR) is 72.0 cm³/mol. The summed E-state index contributed by atoms with van der Waals surface area (Å²) in [5.41, 5.74) is 0.169. The van der Waals surface area contributed by atoms with E-state index in [1.807, 2.05) is 0 Å². The van der Waals surface area contributed by atoms with Crippen molar-refractivity contribution in [1.29, 1.82) is 0 Å². The summed E-state index contributed by atoms with van der Waals surface area (Å²) in [5.74, 6) is -0.0834. The fourth-order valence-electron chi connectivity index (χ4n) is 2.16. The lowest BCUT2D eigenvalue weighted by atomic mass is 10.2. The molecule has 1 aliphatic carbocycles. The van der Waals surface area contributed by atoms with Gasteiger partial charge in [0, 0.05) is 18.4 Å². The van der Waals surface area contributed by atoms with Gasteiger partial charge in [-0.05, 0) is 18.2 Å². The van der Waals surface area contributed by atoms with Crippen molar-refractivity contribution in [3.8, 4) is 0 Å². The number of benzene rings is 1. The SMILES string of the molecule is O=C(Nc1cc2c(oc1=O)CCC2=O)c1ccccc1. The molecule has 0 saturated heterocycles. The number of carbonyl (C=O) groups excluding carboxylic acids is 2. The van der Waals surface area contributed by atoms with Gasteiger partial charge in [-0.2, -0.15) is 0 Å². The van der Waals surface area contributed by atoms with E-state index >= 15 is 0 Å². The van der Waals surface area contributed by atoms with E-state index in [0.717, 1.165) is 0 Å². The van der Waals surface area contributed by atoms with E-state index in [4.69, 9.17) is 4.42 Å². The molecule has 5 nitrogen and oxygen atoms in total. The fraction of sp³-hybridized carbons (Fsp3) is 0.133. The van der Waals surface area contributed by atoms with Crippen LogP contribution in [-0.2, 0) is 6.42 Å². The second-order valence-corrected chi connectivity index (χ2v) is 4.53. The second kappa shape index (κ2) is 4.77. The highest BCUT2D eigenvalue weighted by Gasteiger charge is 2.24. The molecule has 1 aromatic carbocycles. The number of nitrogens with one attached hydrogen (secondary N) is 1. The van der Waals surface area contributed by atoms with Crippen molar-refractivity contribution in [2.45, 2.75) is 12.8 Å². The highest BCUT2D eigenvalue weighted by molar-refractivity contribution is 6.05. The van der Waals surface area contributed by atoms with E-state index in [1.54, 1.807) is 30.3 Å². The summed E-state index contributed by atoms with van der Waals surface area (Å²) in [4.78, 5) is 35.3. The first-order valence-corrected chi connectivity index (χ1v) is 6.22. The number of hydrogen-bond donors (Lipinski definition) is 1. The Morgan fingerprint density at radius 1 is 1.10 bits per heavy atom. The predicted octanol–water partition coefficient (Wildman–Crippen LogP) is 2.02. The molecule has 2 aromatic rings. The zero-order chi connectivity index (χ0) is 14.1. The second-order valence-electron chi connectivity index (χ2n) is 4.53. The summed E-state index contributed by atoms with van der Waals surface area (Å²) in [6.45, 7) is 0. The van der Waals surface area contributed by atoms with Crippen LogP contribution >= 0.6 is 0 Å². The smallest absolute Gasteiger partial charge is 0.359 e. The summed E-state index contributed by atoms with van der Waals surface area (Å²) < 4.78 is 5.07. The Kier molecular flexibility index (Phi) is 2.95. The van der Waals surface area contributed by atoms with E-state index in [2.05, 4.69) is 5.32 Å². The number of hydrogen-bond acceptors (Lipinski definition) is 4. The van der Waals surface area contributed by atoms with Gasteiger partial charge < -0.3 is 9.73 Å². The van der Waals surface area contributed by atoms with Gasteiger partial charge in [0.05, 0.1) is 5.56 Å². The van der Waals surface area contributed by atoms with Crippen molar-refractivity contribution >= 4 is 17.4 Å². The quantitative estimate of drug-likeness (QED) is 0.904. The molecule has 3 rings (SSSR count). The van der Waals surface area contributed by atoms with E-state index in [1.165, 1.54) is 6.07 Å². The summed E-state index contributed by atoms with van der Waals surface area (Å²) in [7, 11) is 0. The normalized spacial score (nSPS) is 13.1. The molecular formula is C15H11NO4. The lowest BCUT2D eigenvalue weighted by Crippen LogP contribution is -2.18.